The maximum Gasteiger partial charge on any atom is 0.371 e. The van der Waals surface area contributed by atoms with Crippen LogP contribution in [0.1, 0.15) is 10.4 Å². The monoisotopic (exact) mass is 339 g/mol. The number of allylic oxidation sites excluding steroid dienone is 1. The number of carboxylic acids is 1. The van der Waals surface area contributed by atoms with Crippen LogP contribution < -0.4 is 0 Å². The molecule has 0 aliphatic heterocycles. The van der Waals surface area contributed by atoms with Crippen LogP contribution in [0, 0.1) is 5.82 Å². The van der Waals surface area contributed by atoms with Gasteiger partial charge in [-0.2, -0.15) is 0 Å². The van der Waals surface area contributed by atoms with Crippen molar-refractivity contribution >= 4 is 21.6 Å². The third kappa shape index (κ3) is 3.29. The smallest absolute Gasteiger partial charge is 0.371 e. The summed E-state index contributed by atoms with van der Waals surface area (Å²) in [5.41, 5.74) is -0.345. The third-order valence-corrected chi connectivity index (χ3v) is 4.68. The Morgan fingerprint density at radius 1 is 1.09 bits per heavy atom. The Morgan fingerprint density at radius 2 is 1.70 bits per heavy atom. The van der Waals surface area contributed by atoms with E-state index in [-0.39, 0.29) is 10.5 Å². The minimum Gasteiger partial charge on any atom is -0.502 e. The molecule has 23 heavy (non-hydrogen) atoms. The molecule has 3 N–H and O–H groups in total. The SMILES string of the molecule is O=C(O)/C(O)=C/C(=O)c1c[nH]cc1S(=O)(=O)c1ccc(F)cc1. The number of carbonyl (C=O) groups excluding carboxylic acids is 1. The molecule has 9 heteroatoms. The van der Waals surface area contributed by atoms with E-state index in [1.54, 1.807) is 0 Å². The van der Waals surface area contributed by atoms with Gasteiger partial charge in [-0.15, -0.1) is 0 Å². The van der Waals surface area contributed by atoms with Crippen molar-refractivity contribution in [3.63, 3.8) is 0 Å². The molecule has 0 unspecified atom stereocenters. The summed E-state index contributed by atoms with van der Waals surface area (Å²) in [7, 11) is -4.12. The summed E-state index contributed by atoms with van der Waals surface area (Å²) >= 11 is 0. The van der Waals surface area contributed by atoms with Gasteiger partial charge in [0.25, 0.3) is 0 Å². The normalized spacial score (nSPS) is 12.1. The Hall–Kier alpha value is -2.94. The van der Waals surface area contributed by atoms with Crippen LogP contribution in [0.15, 0.2) is 58.3 Å². The van der Waals surface area contributed by atoms with Crippen molar-refractivity contribution < 1.29 is 32.6 Å². The number of hydrogen-bond donors (Lipinski definition) is 3. The summed E-state index contributed by atoms with van der Waals surface area (Å²) in [6, 6.07) is 3.99. The molecule has 2 rings (SSSR count). The molecule has 0 saturated heterocycles. The molecular formula is C14H10FNO6S. The molecule has 0 radical (unpaired) electrons. The van der Waals surface area contributed by atoms with Gasteiger partial charge in [0.2, 0.25) is 15.6 Å². The molecule has 0 saturated carbocycles. The zero-order valence-corrected chi connectivity index (χ0v) is 12.2. The van der Waals surface area contributed by atoms with E-state index >= 15 is 0 Å². The number of halogens is 1. The zero-order chi connectivity index (χ0) is 17.2. The van der Waals surface area contributed by atoms with Crippen LogP contribution in [0.25, 0.3) is 0 Å². The third-order valence-electron chi connectivity index (χ3n) is 2.87. The summed E-state index contributed by atoms with van der Waals surface area (Å²) < 4.78 is 37.8. The molecule has 1 heterocycles. The lowest BCUT2D eigenvalue weighted by atomic mass is 10.2. The fourth-order valence-electron chi connectivity index (χ4n) is 1.77. The number of aromatic nitrogens is 1. The van der Waals surface area contributed by atoms with Crippen LogP contribution in [-0.2, 0) is 14.6 Å². The lowest BCUT2D eigenvalue weighted by Gasteiger charge is -2.04. The van der Waals surface area contributed by atoms with Gasteiger partial charge in [0.15, 0.2) is 5.78 Å². The van der Waals surface area contributed by atoms with E-state index in [1.807, 2.05) is 0 Å². The average molecular weight is 339 g/mol. The Morgan fingerprint density at radius 3 is 2.26 bits per heavy atom. The number of nitrogens with one attached hydrogen (secondary N) is 1. The lowest BCUT2D eigenvalue weighted by Crippen LogP contribution is -2.08. The maximum atomic E-state index is 12.9. The Bertz CT molecular complexity index is 896. The highest BCUT2D eigenvalue weighted by Gasteiger charge is 2.25. The number of benzene rings is 1. The minimum absolute atomic E-state index is 0.237. The highest BCUT2D eigenvalue weighted by molar-refractivity contribution is 7.91. The highest BCUT2D eigenvalue weighted by atomic mass is 32.2. The Kier molecular flexibility index (Phi) is 4.32. The lowest BCUT2D eigenvalue weighted by molar-refractivity contribution is -0.135. The topological polar surface area (TPSA) is 125 Å². The van der Waals surface area contributed by atoms with Gasteiger partial charge in [0.1, 0.15) is 10.7 Å². The highest BCUT2D eigenvalue weighted by Crippen LogP contribution is 2.25. The van der Waals surface area contributed by atoms with Crippen molar-refractivity contribution in [2.45, 2.75) is 9.79 Å². The Labute approximate surface area is 129 Å². The van der Waals surface area contributed by atoms with E-state index in [0.717, 1.165) is 36.7 Å². The first-order valence-electron chi connectivity index (χ1n) is 6.09. The first-order chi connectivity index (χ1) is 10.7. The van der Waals surface area contributed by atoms with Crippen molar-refractivity contribution in [1.29, 1.82) is 0 Å². The molecule has 0 aliphatic rings. The van der Waals surface area contributed by atoms with Gasteiger partial charge in [-0.25, -0.2) is 17.6 Å². The number of aromatic amines is 1. The molecule has 7 nitrogen and oxygen atoms in total. The minimum atomic E-state index is -4.12. The first-order valence-corrected chi connectivity index (χ1v) is 7.57. The number of aliphatic hydroxyl groups excluding tert-OH is 1. The second-order valence-electron chi connectivity index (χ2n) is 4.39. The van der Waals surface area contributed by atoms with Crippen molar-refractivity contribution in [1.82, 2.24) is 4.98 Å². The molecule has 1 aromatic heterocycles. The van der Waals surface area contributed by atoms with Crippen LogP contribution in [0.3, 0.4) is 0 Å². The van der Waals surface area contributed by atoms with Gasteiger partial charge in [-0.3, -0.25) is 4.79 Å². The first kappa shape index (κ1) is 16.4. The molecule has 2 aromatic rings. The Balaban J connectivity index is 2.49. The molecular weight excluding hydrogens is 329 g/mol. The zero-order valence-electron chi connectivity index (χ0n) is 11.4. The summed E-state index contributed by atoms with van der Waals surface area (Å²) in [6.07, 6.45) is 2.50. The number of rotatable bonds is 5. The van der Waals surface area contributed by atoms with E-state index in [4.69, 9.17) is 10.2 Å². The standard InChI is InChI=1S/C14H10FNO6S/c15-8-1-3-9(4-2-8)23(21,22)13-7-16-6-10(13)11(17)5-12(18)14(19)20/h1-7,16,18H,(H,19,20)/b12-5-. The number of aliphatic carboxylic acids is 1. The van der Waals surface area contributed by atoms with E-state index in [9.17, 15) is 22.4 Å². The van der Waals surface area contributed by atoms with Gasteiger partial charge in [-0.05, 0) is 24.3 Å². The van der Waals surface area contributed by atoms with Crippen LogP contribution >= 0.6 is 0 Å². The molecule has 1 aromatic carbocycles. The molecule has 120 valence electrons. The number of hydrogen-bond acceptors (Lipinski definition) is 5. The van der Waals surface area contributed by atoms with Gasteiger partial charge in [0.05, 0.1) is 10.5 Å². The van der Waals surface area contributed by atoms with Gasteiger partial charge in [0, 0.05) is 18.5 Å². The van der Waals surface area contributed by atoms with Crippen LogP contribution in [0.4, 0.5) is 4.39 Å². The predicted octanol–water partition coefficient (Wildman–Crippen LogP) is 1.70. The van der Waals surface area contributed by atoms with Crippen LogP contribution in [-0.4, -0.2) is 35.4 Å². The largest absolute Gasteiger partial charge is 0.502 e. The second-order valence-corrected chi connectivity index (χ2v) is 6.31. The van der Waals surface area contributed by atoms with E-state index in [2.05, 4.69) is 4.98 Å². The molecule has 0 amide bonds. The molecule has 0 spiro atoms. The molecule has 0 fully saturated rings. The fourth-order valence-corrected chi connectivity index (χ4v) is 3.19. The van der Waals surface area contributed by atoms with Crippen LogP contribution in [0.5, 0.6) is 0 Å². The summed E-state index contributed by atoms with van der Waals surface area (Å²) in [6.45, 7) is 0. The number of H-pyrrole nitrogens is 1. The summed E-state index contributed by atoms with van der Waals surface area (Å²) in [5, 5.41) is 17.6. The number of carboxylic acid groups (broad SMARTS) is 1. The van der Waals surface area contributed by atoms with Gasteiger partial charge >= 0.3 is 5.97 Å². The molecule has 0 atom stereocenters. The van der Waals surface area contributed by atoms with E-state index < -0.39 is 38.1 Å². The van der Waals surface area contributed by atoms with Crippen molar-refractivity contribution in [3.05, 3.63) is 59.9 Å². The summed E-state index contributed by atoms with van der Waals surface area (Å²) in [5.74, 6) is -4.58. The maximum absolute atomic E-state index is 12.9. The molecule has 0 aliphatic carbocycles. The quantitative estimate of drug-likeness (QED) is 0.329. The van der Waals surface area contributed by atoms with Crippen molar-refractivity contribution in [3.8, 4) is 0 Å². The van der Waals surface area contributed by atoms with Gasteiger partial charge in [-0.1, -0.05) is 0 Å². The molecule has 0 bridgehead atoms. The average Bonchev–Trinajstić information content (AvgIpc) is 2.97. The second kappa shape index (κ2) is 6.05. The van der Waals surface area contributed by atoms with Crippen LogP contribution in [0.2, 0.25) is 0 Å². The number of carbonyl (C=O) groups is 2. The number of ketones is 1. The van der Waals surface area contributed by atoms with Gasteiger partial charge < -0.3 is 15.2 Å². The van der Waals surface area contributed by atoms with E-state index in [1.165, 1.54) is 0 Å². The number of sulfone groups is 1. The fraction of sp³-hybridized carbons (Fsp3) is 0. The van der Waals surface area contributed by atoms with Crippen molar-refractivity contribution in [2.24, 2.45) is 0 Å². The summed E-state index contributed by atoms with van der Waals surface area (Å²) in [4.78, 5) is 24.2. The van der Waals surface area contributed by atoms with Crippen molar-refractivity contribution in [2.75, 3.05) is 0 Å². The van der Waals surface area contributed by atoms with E-state index in [0.29, 0.717) is 6.08 Å². The predicted molar refractivity (Wildman–Crippen MR) is 75.3 cm³/mol. The number of aliphatic hydroxyl groups is 1.